The van der Waals surface area contributed by atoms with Crippen molar-refractivity contribution in [1.29, 1.82) is 0 Å². The molecule has 0 bridgehead atoms. The molecule has 1 N–H and O–H groups in total. The van der Waals surface area contributed by atoms with Crippen LogP contribution in [0.2, 0.25) is 0 Å². The molecule has 0 fully saturated rings. The highest BCUT2D eigenvalue weighted by atomic mass is 16.5. The van der Waals surface area contributed by atoms with Crippen molar-refractivity contribution >= 4 is 0 Å². The van der Waals surface area contributed by atoms with Crippen molar-refractivity contribution in [2.24, 2.45) is 5.92 Å². The molecule has 0 aliphatic heterocycles. The molecule has 1 aromatic heterocycles. The Labute approximate surface area is 97.5 Å². The second-order valence-corrected chi connectivity index (χ2v) is 4.23. The lowest BCUT2D eigenvalue weighted by Gasteiger charge is -2.07. The molecule has 0 aliphatic carbocycles. The molecule has 16 heavy (non-hydrogen) atoms. The molecule has 4 heteroatoms. The van der Waals surface area contributed by atoms with Crippen LogP contribution in [0.5, 0.6) is 0 Å². The lowest BCUT2D eigenvalue weighted by molar-refractivity contribution is 0.200. The van der Waals surface area contributed by atoms with Crippen LogP contribution in [-0.4, -0.2) is 30.2 Å². The predicted octanol–water partition coefficient (Wildman–Crippen LogP) is 1.41. The molecule has 90 valence electrons. The van der Waals surface area contributed by atoms with Crippen LogP contribution >= 0.6 is 0 Å². The van der Waals surface area contributed by atoms with Gasteiger partial charge in [-0.15, -0.1) is 0 Å². The fourth-order valence-corrected chi connectivity index (χ4v) is 1.34. The molecule has 0 atom stereocenters. The molecule has 4 nitrogen and oxygen atoms in total. The van der Waals surface area contributed by atoms with Gasteiger partial charge < -0.3 is 10.1 Å². The maximum absolute atomic E-state index is 5.00. The van der Waals surface area contributed by atoms with E-state index in [1.165, 1.54) is 0 Å². The molecule has 1 heterocycles. The van der Waals surface area contributed by atoms with E-state index in [0.717, 1.165) is 31.0 Å². The Morgan fingerprint density at radius 2 is 2.25 bits per heavy atom. The molecule has 0 radical (unpaired) electrons. The fourth-order valence-electron chi connectivity index (χ4n) is 1.34. The Morgan fingerprint density at radius 1 is 1.44 bits per heavy atom. The molecule has 0 aliphatic rings. The molecule has 1 aromatic rings. The van der Waals surface area contributed by atoms with Crippen molar-refractivity contribution in [1.82, 2.24) is 15.3 Å². The third-order valence-electron chi connectivity index (χ3n) is 2.15. The van der Waals surface area contributed by atoms with E-state index < -0.39 is 0 Å². The Kier molecular flexibility index (Phi) is 5.96. The number of nitrogens with zero attached hydrogens (tertiary/aromatic N) is 2. The first-order valence-electron chi connectivity index (χ1n) is 5.73. The average molecular weight is 223 g/mol. The predicted molar refractivity (Wildman–Crippen MR) is 64.2 cm³/mol. The van der Waals surface area contributed by atoms with Gasteiger partial charge in [0.25, 0.3) is 0 Å². The third-order valence-corrected chi connectivity index (χ3v) is 2.15. The number of nitrogens with one attached hydrogen (secondary N) is 1. The molecular formula is C12H21N3O. The van der Waals surface area contributed by atoms with Gasteiger partial charge in [0, 0.05) is 26.3 Å². The molecule has 0 aromatic carbocycles. The molecule has 0 spiro atoms. The summed E-state index contributed by atoms with van der Waals surface area (Å²) in [6.45, 7) is 6.87. The molecule has 0 unspecified atom stereocenters. The van der Waals surface area contributed by atoms with Crippen molar-refractivity contribution in [2.45, 2.75) is 26.8 Å². The molecule has 1 rings (SSSR count). The number of hydrogen-bond acceptors (Lipinski definition) is 4. The van der Waals surface area contributed by atoms with Crippen LogP contribution in [0.25, 0.3) is 0 Å². The number of aromatic nitrogens is 2. The maximum atomic E-state index is 5.00. The zero-order valence-corrected chi connectivity index (χ0v) is 10.4. The smallest absolute Gasteiger partial charge is 0.130 e. The summed E-state index contributed by atoms with van der Waals surface area (Å²) in [5.74, 6) is 1.51. The van der Waals surface area contributed by atoms with Crippen LogP contribution in [0.15, 0.2) is 12.3 Å². The van der Waals surface area contributed by atoms with Crippen molar-refractivity contribution < 1.29 is 4.74 Å². The number of methoxy groups -OCH3 is 1. The molecule has 0 amide bonds. The summed E-state index contributed by atoms with van der Waals surface area (Å²) < 4.78 is 5.00. The van der Waals surface area contributed by atoms with E-state index in [4.69, 9.17) is 4.74 Å². The lowest BCUT2D eigenvalue weighted by Crippen LogP contribution is -2.20. The van der Waals surface area contributed by atoms with E-state index in [9.17, 15) is 0 Å². The zero-order valence-electron chi connectivity index (χ0n) is 10.4. The standard InChI is InChI=1S/C12H21N3O/c1-10(2)8-13-9-11-4-6-14-12(15-11)5-7-16-3/h4,6,10,13H,5,7-9H2,1-3H3. The minimum Gasteiger partial charge on any atom is -0.384 e. The van der Waals surface area contributed by atoms with E-state index in [1.54, 1.807) is 7.11 Å². The SMILES string of the molecule is COCCc1nccc(CNCC(C)C)n1. The van der Waals surface area contributed by atoms with Crippen LogP contribution in [-0.2, 0) is 17.7 Å². The Bertz CT molecular complexity index is 302. The van der Waals surface area contributed by atoms with Gasteiger partial charge in [-0.3, -0.25) is 0 Å². The first-order chi connectivity index (χ1) is 7.72. The maximum Gasteiger partial charge on any atom is 0.130 e. The highest BCUT2D eigenvalue weighted by Crippen LogP contribution is 1.97. The largest absolute Gasteiger partial charge is 0.384 e. The summed E-state index contributed by atoms with van der Waals surface area (Å²) in [5.41, 5.74) is 1.04. The first kappa shape index (κ1) is 13.1. The van der Waals surface area contributed by atoms with Gasteiger partial charge in [0.1, 0.15) is 5.82 Å². The van der Waals surface area contributed by atoms with Gasteiger partial charge in [-0.2, -0.15) is 0 Å². The van der Waals surface area contributed by atoms with E-state index in [-0.39, 0.29) is 0 Å². The van der Waals surface area contributed by atoms with Gasteiger partial charge in [-0.25, -0.2) is 9.97 Å². The Hall–Kier alpha value is -1.00. The van der Waals surface area contributed by atoms with E-state index in [1.807, 2.05) is 12.3 Å². The topological polar surface area (TPSA) is 47.0 Å². The summed E-state index contributed by atoms with van der Waals surface area (Å²) in [5, 5.41) is 3.36. The second-order valence-electron chi connectivity index (χ2n) is 4.23. The highest BCUT2D eigenvalue weighted by molar-refractivity contribution is 5.02. The van der Waals surface area contributed by atoms with E-state index in [2.05, 4.69) is 29.1 Å². The van der Waals surface area contributed by atoms with Gasteiger partial charge in [-0.05, 0) is 18.5 Å². The highest BCUT2D eigenvalue weighted by Gasteiger charge is 2.00. The van der Waals surface area contributed by atoms with Gasteiger partial charge >= 0.3 is 0 Å². The van der Waals surface area contributed by atoms with E-state index in [0.29, 0.717) is 12.5 Å². The van der Waals surface area contributed by atoms with Gasteiger partial charge in [-0.1, -0.05) is 13.8 Å². The Balaban J connectivity index is 2.40. The van der Waals surface area contributed by atoms with Crippen LogP contribution in [0.3, 0.4) is 0 Å². The van der Waals surface area contributed by atoms with Crippen molar-refractivity contribution in [3.8, 4) is 0 Å². The van der Waals surface area contributed by atoms with Crippen LogP contribution in [0, 0.1) is 5.92 Å². The van der Waals surface area contributed by atoms with Gasteiger partial charge in [0.15, 0.2) is 0 Å². The third kappa shape index (κ3) is 5.19. The van der Waals surface area contributed by atoms with Gasteiger partial charge in [0.2, 0.25) is 0 Å². The summed E-state index contributed by atoms with van der Waals surface area (Å²) >= 11 is 0. The molecular weight excluding hydrogens is 202 g/mol. The van der Waals surface area contributed by atoms with Crippen LogP contribution in [0.1, 0.15) is 25.4 Å². The van der Waals surface area contributed by atoms with Crippen molar-refractivity contribution in [3.05, 3.63) is 23.8 Å². The summed E-state index contributed by atoms with van der Waals surface area (Å²) in [6.07, 6.45) is 2.58. The zero-order chi connectivity index (χ0) is 11.8. The Morgan fingerprint density at radius 3 is 2.94 bits per heavy atom. The fraction of sp³-hybridized carbons (Fsp3) is 0.667. The van der Waals surface area contributed by atoms with Crippen LogP contribution < -0.4 is 5.32 Å². The lowest BCUT2D eigenvalue weighted by atomic mass is 10.2. The summed E-state index contributed by atoms with van der Waals surface area (Å²) in [7, 11) is 1.69. The molecule has 0 saturated heterocycles. The van der Waals surface area contributed by atoms with E-state index >= 15 is 0 Å². The van der Waals surface area contributed by atoms with Gasteiger partial charge in [0.05, 0.1) is 12.3 Å². The molecule has 0 saturated carbocycles. The normalized spacial score (nSPS) is 11.0. The monoisotopic (exact) mass is 223 g/mol. The average Bonchev–Trinajstić information content (AvgIpc) is 2.26. The first-order valence-corrected chi connectivity index (χ1v) is 5.73. The second kappa shape index (κ2) is 7.30. The number of rotatable bonds is 7. The minimum absolute atomic E-state index is 0.662. The summed E-state index contributed by atoms with van der Waals surface area (Å²) in [4.78, 5) is 8.65. The minimum atomic E-state index is 0.662. The number of hydrogen-bond donors (Lipinski definition) is 1. The van der Waals surface area contributed by atoms with Crippen molar-refractivity contribution in [2.75, 3.05) is 20.3 Å². The van der Waals surface area contributed by atoms with Crippen molar-refractivity contribution in [3.63, 3.8) is 0 Å². The quantitative estimate of drug-likeness (QED) is 0.759. The summed E-state index contributed by atoms with van der Waals surface area (Å²) in [6, 6.07) is 1.95. The van der Waals surface area contributed by atoms with Crippen LogP contribution in [0.4, 0.5) is 0 Å². The number of ether oxygens (including phenoxy) is 1.